The van der Waals surface area contributed by atoms with Gasteiger partial charge in [-0.05, 0) is 45.1 Å². The van der Waals surface area contributed by atoms with Crippen LogP contribution in [0.3, 0.4) is 0 Å². The molecule has 1 aromatic rings. The quantitative estimate of drug-likeness (QED) is 0.791. The van der Waals surface area contributed by atoms with E-state index < -0.39 is 15.1 Å². The highest BCUT2D eigenvalue weighted by molar-refractivity contribution is 7.92. The number of ether oxygens (including phenoxy) is 1. The monoisotopic (exact) mass is 366 g/mol. The normalized spacial score (nSPS) is 27.6. The summed E-state index contributed by atoms with van der Waals surface area (Å²) in [6, 6.07) is 5.72. The molecule has 1 amide bonds. The van der Waals surface area contributed by atoms with Gasteiger partial charge in [0.25, 0.3) is 5.91 Å². The molecule has 6 nitrogen and oxygen atoms in total. The topological polar surface area (TPSA) is 66.9 Å². The number of hydrogen-bond donors (Lipinski definition) is 0. The van der Waals surface area contributed by atoms with E-state index in [-0.39, 0.29) is 36.8 Å². The van der Waals surface area contributed by atoms with Crippen molar-refractivity contribution < 1.29 is 17.9 Å². The molecule has 2 aliphatic rings. The Bertz CT molecular complexity index is 775. The van der Waals surface area contributed by atoms with Crippen LogP contribution in [-0.2, 0) is 14.6 Å². The first-order valence-corrected chi connectivity index (χ1v) is 10.3. The van der Waals surface area contributed by atoms with Crippen LogP contribution in [0.15, 0.2) is 18.2 Å². The molecular formula is C18H26N2O4S. The average molecular weight is 366 g/mol. The average Bonchev–Trinajstić information content (AvgIpc) is 3.08. The summed E-state index contributed by atoms with van der Waals surface area (Å²) in [6.07, 6.45) is 0. The second-order valence-corrected chi connectivity index (χ2v) is 9.61. The SMILES string of the molecule is Cc1cccc(OCC(=O)N2C[C@H]3[C@H](N(C)C)CS(=O)(=O)[C@H]3C2)c1C. The van der Waals surface area contributed by atoms with Gasteiger partial charge in [-0.25, -0.2) is 8.42 Å². The van der Waals surface area contributed by atoms with Crippen LogP contribution in [0, 0.1) is 19.8 Å². The predicted octanol–water partition coefficient (Wildman–Crippen LogP) is 0.868. The molecule has 25 heavy (non-hydrogen) atoms. The van der Waals surface area contributed by atoms with Crippen LogP contribution in [0.1, 0.15) is 11.1 Å². The van der Waals surface area contributed by atoms with E-state index in [4.69, 9.17) is 4.74 Å². The molecule has 7 heteroatoms. The minimum atomic E-state index is -3.14. The fraction of sp³-hybridized carbons (Fsp3) is 0.611. The van der Waals surface area contributed by atoms with Gasteiger partial charge in [-0.15, -0.1) is 0 Å². The highest BCUT2D eigenvalue weighted by atomic mass is 32.2. The second-order valence-electron chi connectivity index (χ2n) is 7.35. The molecule has 0 spiro atoms. The Labute approximate surface area is 149 Å². The number of benzene rings is 1. The van der Waals surface area contributed by atoms with E-state index in [9.17, 15) is 13.2 Å². The smallest absolute Gasteiger partial charge is 0.260 e. The highest BCUT2D eigenvalue weighted by Gasteiger charge is 2.53. The summed E-state index contributed by atoms with van der Waals surface area (Å²) < 4.78 is 30.5. The zero-order valence-electron chi connectivity index (χ0n) is 15.2. The minimum Gasteiger partial charge on any atom is -0.483 e. The van der Waals surface area contributed by atoms with Crippen molar-refractivity contribution in [2.24, 2.45) is 5.92 Å². The fourth-order valence-corrected chi connectivity index (χ4v) is 6.36. The van der Waals surface area contributed by atoms with Crippen LogP contribution in [0.25, 0.3) is 0 Å². The van der Waals surface area contributed by atoms with E-state index in [0.29, 0.717) is 12.3 Å². The summed E-state index contributed by atoms with van der Waals surface area (Å²) in [5.74, 6) is 0.732. The molecule has 1 aromatic carbocycles. The molecule has 138 valence electrons. The molecule has 3 atom stereocenters. The van der Waals surface area contributed by atoms with E-state index in [1.165, 1.54) is 0 Å². The Morgan fingerprint density at radius 3 is 2.68 bits per heavy atom. The van der Waals surface area contributed by atoms with E-state index in [0.717, 1.165) is 11.1 Å². The van der Waals surface area contributed by atoms with E-state index in [1.54, 1.807) is 4.90 Å². The number of sulfone groups is 1. The maximum absolute atomic E-state index is 12.5. The number of nitrogens with zero attached hydrogens (tertiary/aromatic N) is 2. The predicted molar refractivity (Wildman–Crippen MR) is 96.5 cm³/mol. The number of hydrogen-bond acceptors (Lipinski definition) is 5. The Hall–Kier alpha value is -1.60. The van der Waals surface area contributed by atoms with Crippen molar-refractivity contribution in [2.75, 3.05) is 39.5 Å². The number of carbonyl (C=O) groups is 1. The van der Waals surface area contributed by atoms with Crippen molar-refractivity contribution in [2.45, 2.75) is 25.1 Å². The van der Waals surface area contributed by atoms with Gasteiger partial charge in [0.2, 0.25) is 0 Å². The van der Waals surface area contributed by atoms with Gasteiger partial charge in [0, 0.05) is 25.0 Å². The molecular weight excluding hydrogens is 340 g/mol. The molecule has 0 N–H and O–H groups in total. The molecule has 0 aromatic heterocycles. The Morgan fingerprint density at radius 1 is 1.28 bits per heavy atom. The van der Waals surface area contributed by atoms with Gasteiger partial charge in [-0.3, -0.25) is 4.79 Å². The van der Waals surface area contributed by atoms with Crippen LogP contribution >= 0.6 is 0 Å². The van der Waals surface area contributed by atoms with Gasteiger partial charge < -0.3 is 14.5 Å². The summed E-state index contributed by atoms with van der Waals surface area (Å²) >= 11 is 0. The number of aryl methyl sites for hydroxylation is 1. The maximum Gasteiger partial charge on any atom is 0.260 e. The largest absolute Gasteiger partial charge is 0.483 e. The van der Waals surface area contributed by atoms with Crippen molar-refractivity contribution >= 4 is 15.7 Å². The van der Waals surface area contributed by atoms with Gasteiger partial charge >= 0.3 is 0 Å². The van der Waals surface area contributed by atoms with Gasteiger partial charge in [0.15, 0.2) is 16.4 Å². The maximum atomic E-state index is 12.5. The molecule has 0 unspecified atom stereocenters. The lowest BCUT2D eigenvalue weighted by atomic mass is 10.00. The van der Waals surface area contributed by atoms with Crippen molar-refractivity contribution in [1.82, 2.24) is 9.80 Å². The number of likely N-dealkylation sites (tertiary alicyclic amines) is 1. The summed E-state index contributed by atoms with van der Waals surface area (Å²) in [5, 5.41) is -0.440. The van der Waals surface area contributed by atoms with Gasteiger partial charge in [-0.1, -0.05) is 12.1 Å². The summed E-state index contributed by atoms with van der Waals surface area (Å²) in [7, 11) is 0.659. The molecule has 0 saturated carbocycles. The zero-order valence-corrected chi connectivity index (χ0v) is 16.0. The first-order chi connectivity index (χ1) is 11.7. The summed E-state index contributed by atoms with van der Waals surface area (Å²) in [5.41, 5.74) is 2.13. The number of carbonyl (C=O) groups excluding carboxylic acids is 1. The van der Waals surface area contributed by atoms with Crippen molar-refractivity contribution in [3.05, 3.63) is 29.3 Å². The van der Waals surface area contributed by atoms with Crippen molar-refractivity contribution in [3.8, 4) is 5.75 Å². The van der Waals surface area contributed by atoms with Crippen LogP contribution in [0.5, 0.6) is 5.75 Å². The number of rotatable bonds is 4. The first kappa shape index (κ1) is 18.2. The fourth-order valence-electron chi connectivity index (χ4n) is 3.88. The first-order valence-electron chi connectivity index (χ1n) is 8.55. The van der Waals surface area contributed by atoms with Crippen LogP contribution in [0.2, 0.25) is 0 Å². The minimum absolute atomic E-state index is 0.00958. The Morgan fingerprint density at radius 2 is 2.00 bits per heavy atom. The molecule has 0 radical (unpaired) electrons. The molecule has 2 aliphatic heterocycles. The van der Waals surface area contributed by atoms with Gasteiger partial charge in [-0.2, -0.15) is 0 Å². The third kappa shape index (κ3) is 3.40. The molecule has 2 fully saturated rings. The van der Waals surface area contributed by atoms with Gasteiger partial charge in [0.1, 0.15) is 5.75 Å². The molecule has 3 rings (SSSR count). The number of fused-ring (bicyclic) bond motifs is 1. The summed E-state index contributed by atoms with van der Waals surface area (Å²) in [4.78, 5) is 16.1. The van der Waals surface area contributed by atoms with Crippen molar-refractivity contribution in [1.29, 1.82) is 0 Å². The highest BCUT2D eigenvalue weighted by Crippen LogP contribution is 2.36. The van der Waals surface area contributed by atoms with Crippen LogP contribution in [-0.4, -0.2) is 75.0 Å². The Kier molecular flexibility index (Phi) is 4.81. The van der Waals surface area contributed by atoms with E-state index >= 15 is 0 Å². The lowest BCUT2D eigenvalue weighted by Crippen LogP contribution is -2.39. The van der Waals surface area contributed by atoms with Gasteiger partial charge in [0.05, 0.1) is 11.0 Å². The third-order valence-corrected chi connectivity index (χ3v) is 7.82. The van der Waals surface area contributed by atoms with E-state index in [2.05, 4.69) is 0 Å². The standard InChI is InChI=1S/C18H26N2O4S/c1-12-6-5-7-16(13(12)2)24-10-18(21)20-8-14-15(19(3)4)11-25(22,23)17(14)9-20/h5-7,14-15,17H,8-11H2,1-4H3/t14-,15+,17-/m0/s1. The lowest BCUT2D eigenvalue weighted by Gasteiger charge is -2.25. The number of amides is 1. The molecule has 0 aliphatic carbocycles. The summed E-state index contributed by atoms with van der Waals surface area (Å²) in [6.45, 7) is 4.67. The van der Waals surface area contributed by atoms with Crippen LogP contribution in [0.4, 0.5) is 0 Å². The zero-order chi connectivity index (χ0) is 18.4. The van der Waals surface area contributed by atoms with Crippen LogP contribution < -0.4 is 4.74 Å². The molecule has 0 bridgehead atoms. The second kappa shape index (κ2) is 6.61. The van der Waals surface area contributed by atoms with E-state index in [1.807, 2.05) is 51.0 Å². The third-order valence-electron chi connectivity index (χ3n) is 5.59. The molecule has 2 heterocycles. The Balaban J connectivity index is 1.66. The van der Waals surface area contributed by atoms with Crippen molar-refractivity contribution in [3.63, 3.8) is 0 Å². The lowest BCUT2D eigenvalue weighted by molar-refractivity contribution is -0.132. The molecule has 2 saturated heterocycles.